The molecule has 0 radical (unpaired) electrons. The van der Waals surface area contributed by atoms with E-state index in [4.69, 9.17) is 23.2 Å². The van der Waals surface area contributed by atoms with Gasteiger partial charge in [0.2, 0.25) is 0 Å². The van der Waals surface area contributed by atoms with Crippen LogP contribution in [0.5, 0.6) is 0 Å². The van der Waals surface area contributed by atoms with Gasteiger partial charge in [-0.05, 0) is 41.1 Å². The first kappa shape index (κ1) is 13.8. The fourth-order valence-electron chi connectivity index (χ4n) is 1.30. The molecule has 0 bridgehead atoms. The van der Waals surface area contributed by atoms with E-state index < -0.39 is 0 Å². The van der Waals surface area contributed by atoms with Crippen LogP contribution in [0.15, 0.2) is 22.7 Å². The van der Waals surface area contributed by atoms with Gasteiger partial charge >= 0.3 is 0 Å². The molecule has 2 aromatic rings. The largest absolute Gasteiger partial charge is 0.253 e. The molecule has 0 amide bonds. The van der Waals surface area contributed by atoms with Crippen LogP contribution in [0.25, 0.3) is 10.9 Å². The molecule has 1 nitrogen and oxygen atoms in total. The second-order valence-electron chi connectivity index (χ2n) is 3.03. The summed E-state index contributed by atoms with van der Waals surface area (Å²) in [4.78, 5) is 4.37. The Balaban J connectivity index is 0.000000606. The van der Waals surface area contributed by atoms with Crippen molar-refractivity contribution in [2.24, 2.45) is 0 Å². The van der Waals surface area contributed by atoms with E-state index in [1.54, 1.807) is 0 Å². The minimum atomic E-state index is 0.644. The van der Waals surface area contributed by atoms with E-state index in [9.17, 15) is 0 Å². The van der Waals surface area contributed by atoms with Crippen LogP contribution >= 0.6 is 39.1 Å². The molecule has 0 N–H and O–H groups in total. The predicted octanol–water partition coefficient (Wildman–Crippen LogP) is 5.64. The van der Waals surface area contributed by atoms with Crippen LogP contribution in [-0.4, -0.2) is 4.98 Å². The summed E-state index contributed by atoms with van der Waals surface area (Å²) in [6, 6.07) is 5.51. The number of benzene rings is 1. The topological polar surface area (TPSA) is 12.9 Å². The molecule has 0 atom stereocenters. The third kappa shape index (κ3) is 2.88. The van der Waals surface area contributed by atoms with Crippen LogP contribution in [0.1, 0.15) is 19.5 Å². The summed E-state index contributed by atoms with van der Waals surface area (Å²) in [5.74, 6) is 0. The van der Waals surface area contributed by atoms with Crippen molar-refractivity contribution in [3.05, 3.63) is 38.4 Å². The molecule has 0 aliphatic heterocycles. The standard InChI is InChI=1S/C10H6BrCl2N.C2H6/c1-5-2-8(12)6-3-9(13)7(11)4-10(6)14-5;1-2/h2-4H,1H3;1-2H3. The number of hydrogen-bond acceptors (Lipinski definition) is 1. The van der Waals surface area contributed by atoms with E-state index in [0.717, 1.165) is 21.1 Å². The molecule has 0 saturated heterocycles. The molecule has 0 aliphatic rings. The van der Waals surface area contributed by atoms with Crippen molar-refractivity contribution in [2.75, 3.05) is 0 Å². The average molecular weight is 321 g/mol. The molecule has 0 fully saturated rings. The lowest BCUT2D eigenvalue weighted by molar-refractivity contribution is 1.25. The number of nitrogens with zero attached hydrogens (tertiary/aromatic N) is 1. The SMILES string of the molecule is CC.Cc1cc(Cl)c2cc(Cl)c(Br)cc2n1. The first-order valence-corrected chi connectivity index (χ1v) is 6.55. The van der Waals surface area contributed by atoms with Crippen LogP contribution in [0.4, 0.5) is 0 Å². The van der Waals surface area contributed by atoms with E-state index in [-0.39, 0.29) is 0 Å². The Morgan fingerprint density at radius 1 is 1.06 bits per heavy atom. The van der Waals surface area contributed by atoms with Crippen LogP contribution in [0.3, 0.4) is 0 Å². The Morgan fingerprint density at radius 2 is 1.69 bits per heavy atom. The summed E-state index contributed by atoms with van der Waals surface area (Å²) in [6.07, 6.45) is 0. The van der Waals surface area contributed by atoms with Gasteiger partial charge in [-0.25, -0.2) is 0 Å². The minimum absolute atomic E-state index is 0.644. The van der Waals surface area contributed by atoms with Gasteiger partial charge in [-0.3, -0.25) is 4.98 Å². The van der Waals surface area contributed by atoms with Crippen molar-refractivity contribution in [1.29, 1.82) is 0 Å². The minimum Gasteiger partial charge on any atom is -0.253 e. The second-order valence-corrected chi connectivity index (χ2v) is 4.70. The van der Waals surface area contributed by atoms with Gasteiger partial charge in [0, 0.05) is 15.6 Å². The third-order valence-corrected chi connectivity index (χ3v) is 3.44. The molecule has 16 heavy (non-hydrogen) atoms. The smallest absolute Gasteiger partial charge is 0.0732 e. The van der Waals surface area contributed by atoms with Crippen molar-refractivity contribution in [2.45, 2.75) is 20.8 Å². The van der Waals surface area contributed by atoms with Gasteiger partial charge in [-0.15, -0.1) is 0 Å². The van der Waals surface area contributed by atoms with Crippen molar-refractivity contribution in [3.8, 4) is 0 Å². The molecule has 0 saturated carbocycles. The van der Waals surface area contributed by atoms with Crippen LogP contribution in [0.2, 0.25) is 10.0 Å². The van der Waals surface area contributed by atoms with Gasteiger partial charge < -0.3 is 0 Å². The summed E-state index contributed by atoms with van der Waals surface area (Å²) < 4.78 is 0.834. The van der Waals surface area contributed by atoms with Gasteiger partial charge in [0.15, 0.2) is 0 Å². The molecule has 0 spiro atoms. The van der Waals surface area contributed by atoms with Crippen molar-refractivity contribution in [3.63, 3.8) is 0 Å². The van der Waals surface area contributed by atoms with Gasteiger partial charge in [0.05, 0.1) is 15.6 Å². The number of halogens is 3. The number of pyridine rings is 1. The summed E-state index contributed by atoms with van der Waals surface area (Å²) in [7, 11) is 0. The van der Waals surface area contributed by atoms with E-state index in [1.807, 2.05) is 39.0 Å². The summed E-state index contributed by atoms with van der Waals surface area (Å²) in [5.41, 5.74) is 1.75. The first-order chi connectivity index (χ1) is 7.58. The van der Waals surface area contributed by atoms with Gasteiger partial charge in [0.1, 0.15) is 0 Å². The third-order valence-electron chi connectivity index (χ3n) is 1.93. The lowest BCUT2D eigenvalue weighted by atomic mass is 10.2. The van der Waals surface area contributed by atoms with Crippen LogP contribution in [-0.2, 0) is 0 Å². The van der Waals surface area contributed by atoms with Crippen molar-refractivity contribution >= 4 is 50.0 Å². The number of aryl methyl sites for hydroxylation is 1. The van der Waals surface area contributed by atoms with Crippen LogP contribution < -0.4 is 0 Å². The van der Waals surface area contributed by atoms with Crippen LogP contribution in [0, 0.1) is 6.92 Å². The second kappa shape index (κ2) is 5.85. The van der Waals surface area contributed by atoms with Crippen molar-refractivity contribution < 1.29 is 0 Å². The quantitative estimate of drug-likeness (QED) is 0.612. The normalized spacial score (nSPS) is 9.88. The fraction of sp³-hybridized carbons (Fsp3) is 0.250. The molecule has 0 unspecified atom stereocenters. The zero-order valence-corrected chi connectivity index (χ0v) is 12.4. The maximum Gasteiger partial charge on any atom is 0.0732 e. The Bertz CT molecular complexity index is 512. The highest BCUT2D eigenvalue weighted by molar-refractivity contribution is 9.10. The molecule has 4 heteroatoms. The molecular formula is C12H12BrCl2N. The molecule has 1 aromatic heterocycles. The van der Waals surface area contributed by atoms with Gasteiger partial charge in [-0.2, -0.15) is 0 Å². The highest BCUT2D eigenvalue weighted by Gasteiger charge is 2.05. The van der Waals surface area contributed by atoms with Crippen molar-refractivity contribution in [1.82, 2.24) is 4.98 Å². The molecule has 0 aliphatic carbocycles. The fourth-order valence-corrected chi connectivity index (χ4v) is 2.11. The summed E-state index contributed by atoms with van der Waals surface area (Å²) in [6.45, 7) is 5.91. The lowest BCUT2D eigenvalue weighted by Crippen LogP contribution is -1.85. The average Bonchev–Trinajstić information content (AvgIpc) is 2.24. The maximum absolute atomic E-state index is 6.07. The van der Waals surface area contributed by atoms with E-state index in [2.05, 4.69) is 20.9 Å². The lowest BCUT2D eigenvalue weighted by Gasteiger charge is -2.03. The zero-order valence-electron chi connectivity index (χ0n) is 9.31. The highest BCUT2D eigenvalue weighted by Crippen LogP contribution is 2.31. The Kier molecular flexibility index (Phi) is 5.03. The summed E-state index contributed by atoms with van der Waals surface area (Å²) in [5, 5.41) is 2.21. The molecular weight excluding hydrogens is 309 g/mol. The first-order valence-electron chi connectivity index (χ1n) is 5.00. The Hall–Kier alpha value is -0.310. The monoisotopic (exact) mass is 319 g/mol. The number of fused-ring (bicyclic) bond motifs is 1. The highest BCUT2D eigenvalue weighted by atomic mass is 79.9. The molecule has 1 aromatic carbocycles. The Labute approximate surface area is 114 Å². The van der Waals surface area contributed by atoms with E-state index in [1.165, 1.54) is 0 Å². The maximum atomic E-state index is 6.07. The van der Waals surface area contributed by atoms with E-state index >= 15 is 0 Å². The molecule has 86 valence electrons. The van der Waals surface area contributed by atoms with Gasteiger partial charge in [0.25, 0.3) is 0 Å². The zero-order chi connectivity index (χ0) is 12.3. The number of hydrogen-bond donors (Lipinski definition) is 0. The molecule has 2 rings (SSSR count). The van der Waals surface area contributed by atoms with Gasteiger partial charge in [-0.1, -0.05) is 37.0 Å². The summed E-state index contributed by atoms with van der Waals surface area (Å²) >= 11 is 15.4. The number of aromatic nitrogens is 1. The predicted molar refractivity (Wildman–Crippen MR) is 75.5 cm³/mol. The Morgan fingerprint density at radius 3 is 2.31 bits per heavy atom. The molecule has 1 heterocycles. The number of rotatable bonds is 0. The van der Waals surface area contributed by atoms with E-state index in [0.29, 0.717) is 10.0 Å².